The third-order valence-electron chi connectivity index (χ3n) is 5.45. The lowest BCUT2D eigenvalue weighted by Gasteiger charge is -2.32. The van der Waals surface area contributed by atoms with E-state index in [1.807, 2.05) is 62.4 Å². The molecular weight excluding hydrogens is 535 g/mol. The van der Waals surface area contributed by atoms with E-state index >= 15 is 0 Å². The molecule has 190 valence electrons. The minimum atomic E-state index is -0.663. The minimum absolute atomic E-state index is 0.0488. The maximum Gasteiger partial charge on any atom is 0.243 e. The molecule has 36 heavy (non-hydrogen) atoms. The fourth-order valence-corrected chi connectivity index (χ4v) is 4.99. The van der Waals surface area contributed by atoms with E-state index in [0.717, 1.165) is 16.7 Å². The van der Waals surface area contributed by atoms with Crippen molar-refractivity contribution in [3.8, 4) is 0 Å². The highest BCUT2D eigenvalue weighted by atomic mass is 35.5. The van der Waals surface area contributed by atoms with Crippen molar-refractivity contribution in [1.29, 1.82) is 0 Å². The second-order valence-electron chi connectivity index (χ2n) is 8.76. The number of halogens is 3. The molecule has 0 aliphatic heterocycles. The molecular formula is C28H29Cl3N2O2S. The van der Waals surface area contributed by atoms with Crippen molar-refractivity contribution in [3.05, 3.63) is 105 Å². The summed E-state index contributed by atoms with van der Waals surface area (Å²) in [4.78, 5) is 28.6. The molecule has 2 amide bonds. The van der Waals surface area contributed by atoms with Gasteiger partial charge in [0.15, 0.2) is 0 Å². The van der Waals surface area contributed by atoms with E-state index in [9.17, 15) is 9.59 Å². The monoisotopic (exact) mass is 562 g/mol. The average Bonchev–Trinajstić information content (AvgIpc) is 2.84. The number of hydrogen-bond acceptors (Lipinski definition) is 3. The van der Waals surface area contributed by atoms with Gasteiger partial charge in [-0.2, -0.15) is 0 Å². The van der Waals surface area contributed by atoms with E-state index in [1.165, 1.54) is 11.8 Å². The van der Waals surface area contributed by atoms with Gasteiger partial charge < -0.3 is 10.2 Å². The molecule has 3 aromatic carbocycles. The van der Waals surface area contributed by atoms with E-state index in [-0.39, 0.29) is 23.6 Å². The number of carbonyl (C=O) groups is 2. The number of carbonyl (C=O) groups excluding carboxylic acids is 2. The third-order valence-corrected chi connectivity index (χ3v) is 7.43. The maximum atomic E-state index is 13.6. The normalized spacial score (nSPS) is 11.8. The van der Waals surface area contributed by atoms with Crippen molar-refractivity contribution in [1.82, 2.24) is 10.2 Å². The molecule has 0 aliphatic carbocycles. The van der Waals surface area contributed by atoms with Crippen LogP contribution in [0.1, 0.15) is 30.5 Å². The summed E-state index contributed by atoms with van der Waals surface area (Å²) in [6, 6.07) is 21.8. The number of thioether (sulfide) groups is 1. The topological polar surface area (TPSA) is 49.4 Å². The number of nitrogens with one attached hydrogen (secondary N) is 1. The van der Waals surface area contributed by atoms with E-state index in [1.54, 1.807) is 29.2 Å². The Hall–Kier alpha value is -2.18. The Morgan fingerprint density at radius 3 is 2.17 bits per heavy atom. The summed E-state index contributed by atoms with van der Waals surface area (Å²) in [6.07, 6.45) is 0.413. The first-order valence-electron chi connectivity index (χ1n) is 11.6. The van der Waals surface area contributed by atoms with E-state index in [0.29, 0.717) is 33.8 Å². The first-order valence-corrected chi connectivity index (χ1v) is 13.9. The van der Waals surface area contributed by atoms with Gasteiger partial charge in [0.05, 0.1) is 15.8 Å². The lowest BCUT2D eigenvalue weighted by molar-refractivity contribution is -0.139. The van der Waals surface area contributed by atoms with Gasteiger partial charge in [-0.05, 0) is 54.8 Å². The van der Waals surface area contributed by atoms with Gasteiger partial charge in [-0.1, -0.05) is 83.3 Å². The van der Waals surface area contributed by atoms with E-state index in [2.05, 4.69) is 5.32 Å². The molecule has 1 unspecified atom stereocenters. The van der Waals surface area contributed by atoms with Crippen LogP contribution in [0.5, 0.6) is 0 Å². The Labute approximate surface area is 232 Å². The Balaban J connectivity index is 1.83. The predicted octanol–water partition coefficient (Wildman–Crippen LogP) is 7.04. The fourth-order valence-electron chi connectivity index (χ4n) is 3.69. The molecule has 1 N–H and O–H groups in total. The van der Waals surface area contributed by atoms with Crippen LogP contribution in [-0.4, -0.2) is 34.6 Å². The van der Waals surface area contributed by atoms with Gasteiger partial charge in [0.2, 0.25) is 11.8 Å². The summed E-state index contributed by atoms with van der Waals surface area (Å²) >= 11 is 19.7. The van der Waals surface area contributed by atoms with Gasteiger partial charge in [-0.3, -0.25) is 9.59 Å². The standard InChI is InChI=1S/C28H29Cl3N2O2S/c1-19(2)32-28(35)26(15-20-6-4-3-5-7-20)33(16-21-8-11-23(29)12-9-21)27(34)18-36-17-22-10-13-24(30)25(31)14-22/h3-14,19,26H,15-18H2,1-2H3,(H,32,35). The van der Waals surface area contributed by atoms with Crippen LogP contribution in [0, 0.1) is 0 Å². The van der Waals surface area contributed by atoms with Crippen LogP contribution >= 0.6 is 46.6 Å². The maximum absolute atomic E-state index is 13.6. The molecule has 0 heterocycles. The van der Waals surface area contributed by atoms with Crippen LogP contribution in [0.15, 0.2) is 72.8 Å². The van der Waals surface area contributed by atoms with Crippen LogP contribution in [0.25, 0.3) is 0 Å². The average molecular weight is 564 g/mol. The lowest BCUT2D eigenvalue weighted by atomic mass is 10.0. The Bertz CT molecular complexity index is 1160. The van der Waals surface area contributed by atoms with Crippen molar-refractivity contribution >= 4 is 58.4 Å². The highest BCUT2D eigenvalue weighted by Crippen LogP contribution is 2.25. The zero-order valence-corrected chi connectivity index (χ0v) is 23.3. The molecule has 8 heteroatoms. The van der Waals surface area contributed by atoms with Crippen LogP contribution in [0.3, 0.4) is 0 Å². The molecule has 0 radical (unpaired) electrons. The molecule has 1 atom stereocenters. The number of nitrogens with zero attached hydrogens (tertiary/aromatic N) is 1. The molecule has 0 fully saturated rings. The van der Waals surface area contributed by atoms with Gasteiger partial charge in [0.1, 0.15) is 6.04 Å². The highest BCUT2D eigenvalue weighted by molar-refractivity contribution is 7.99. The van der Waals surface area contributed by atoms with Crippen molar-refractivity contribution in [2.24, 2.45) is 0 Å². The third kappa shape index (κ3) is 8.74. The van der Waals surface area contributed by atoms with Gasteiger partial charge in [0.25, 0.3) is 0 Å². The second kappa shape index (κ2) is 13.9. The Morgan fingerprint density at radius 2 is 1.53 bits per heavy atom. The summed E-state index contributed by atoms with van der Waals surface area (Å²) in [5.74, 6) is 0.521. The molecule has 4 nitrogen and oxygen atoms in total. The van der Waals surface area contributed by atoms with Crippen molar-refractivity contribution in [2.75, 3.05) is 5.75 Å². The molecule has 0 saturated carbocycles. The summed E-state index contributed by atoms with van der Waals surface area (Å²) in [7, 11) is 0. The number of rotatable bonds is 11. The van der Waals surface area contributed by atoms with Crippen molar-refractivity contribution in [3.63, 3.8) is 0 Å². The van der Waals surface area contributed by atoms with Crippen LogP contribution in [0.2, 0.25) is 15.1 Å². The van der Waals surface area contributed by atoms with Crippen molar-refractivity contribution in [2.45, 2.75) is 44.6 Å². The summed E-state index contributed by atoms with van der Waals surface area (Å²) in [5.41, 5.74) is 2.86. The van der Waals surface area contributed by atoms with Gasteiger partial charge in [-0.15, -0.1) is 11.8 Å². The van der Waals surface area contributed by atoms with Crippen LogP contribution < -0.4 is 5.32 Å². The smallest absolute Gasteiger partial charge is 0.243 e. The zero-order chi connectivity index (χ0) is 26.1. The fraction of sp³-hybridized carbons (Fsp3) is 0.286. The molecule has 3 aromatic rings. The molecule has 0 aromatic heterocycles. The van der Waals surface area contributed by atoms with Gasteiger partial charge in [0, 0.05) is 29.8 Å². The van der Waals surface area contributed by atoms with E-state index < -0.39 is 6.04 Å². The molecule has 0 saturated heterocycles. The summed E-state index contributed by atoms with van der Waals surface area (Å²) in [6.45, 7) is 4.12. The van der Waals surface area contributed by atoms with Crippen LogP contribution in [0.4, 0.5) is 0 Å². The highest BCUT2D eigenvalue weighted by Gasteiger charge is 2.30. The molecule has 0 aliphatic rings. The SMILES string of the molecule is CC(C)NC(=O)C(Cc1ccccc1)N(Cc1ccc(Cl)cc1)C(=O)CSCc1ccc(Cl)c(Cl)c1. The van der Waals surface area contributed by atoms with Crippen LogP contribution in [-0.2, 0) is 28.3 Å². The Morgan fingerprint density at radius 1 is 0.861 bits per heavy atom. The van der Waals surface area contributed by atoms with Gasteiger partial charge in [-0.25, -0.2) is 0 Å². The second-order valence-corrected chi connectivity index (χ2v) is 11.0. The molecule has 0 spiro atoms. The van der Waals surface area contributed by atoms with E-state index in [4.69, 9.17) is 34.8 Å². The number of amides is 2. The van der Waals surface area contributed by atoms with Crippen molar-refractivity contribution < 1.29 is 9.59 Å². The number of benzene rings is 3. The summed E-state index contributed by atoms with van der Waals surface area (Å²) < 4.78 is 0. The minimum Gasteiger partial charge on any atom is -0.352 e. The predicted molar refractivity (Wildman–Crippen MR) is 152 cm³/mol. The first-order chi connectivity index (χ1) is 17.2. The zero-order valence-electron chi connectivity index (χ0n) is 20.2. The number of hydrogen-bond donors (Lipinski definition) is 1. The largest absolute Gasteiger partial charge is 0.352 e. The molecule has 3 rings (SSSR count). The lowest BCUT2D eigenvalue weighted by Crippen LogP contribution is -2.52. The first kappa shape index (κ1) is 28.4. The molecule has 0 bridgehead atoms. The summed E-state index contributed by atoms with van der Waals surface area (Å²) in [5, 5.41) is 4.60. The van der Waals surface area contributed by atoms with Gasteiger partial charge >= 0.3 is 0 Å². The Kier molecular flexibility index (Phi) is 11.0. The quantitative estimate of drug-likeness (QED) is 0.272.